The van der Waals surface area contributed by atoms with Gasteiger partial charge in [0, 0.05) is 13.1 Å². The first-order chi connectivity index (χ1) is 8.97. The molecule has 1 heterocycles. The second kappa shape index (κ2) is 5.48. The summed E-state index contributed by atoms with van der Waals surface area (Å²) in [7, 11) is 1.92. The fourth-order valence-electron chi connectivity index (χ4n) is 2.16. The lowest BCUT2D eigenvalue weighted by atomic mass is 10.1. The van der Waals surface area contributed by atoms with Crippen molar-refractivity contribution < 1.29 is 19.4 Å². The van der Waals surface area contributed by atoms with Crippen LogP contribution >= 0.6 is 0 Å². The Morgan fingerprint density at radius 1 is 1.42 bits per heavy atom. The molecule has 0 saturated heterocycles. The van der Waals surface area contributed by atoms with Crippen molar-refractivity contribution in [3.8, 4) is 11.5 Å². The van der Waals surface area contributed by atoms with Crippen molar-refractivity contribution in [2.75, 3.05) is 20.4 Å². The molecule has 19 heavy (non-hydrogen) atoms. The van der Waals surface area contributed by atoms with E-state index in [-0.39, 0.29) is 12.7 Å². The number of carbonyl (C=O) groups is 1. The maximum Gasteiger partial charge on any atom is 0.307 e. The van der Waals surface area contributed by atoms with Gasteiger partial charge in [0.1, 0.15) is 0 Å². The number of aryl methyl sites for hydroxylation is 1. The van der Waals surface area contributed by atoms with Gasteiger partial charge < -0.3 is 19.5 Å². The Morgan fingerprint density at radius 3 is 2.68 bits per heavy atom. The second-order valence-corrected chi connectivity index (χ2v) is 5.07. The summed E-state index contributed by atoms with van der Waals surface area (Å²) in [5.41, 5.74) is 2.25. The second-order valence-electron chi connectivity index (χ2n) is 5.07. The van der Waals surface area contributed by atoms with Gasteiger partial charge in [-0.3, -0.25) is 4.79 Å². The van der Waals surface area contributed by atoms with E-state index in [0.29, 0.717) is 13.1 Å². The highest BCUT2D eigenvalue weighted by Crippen LogP contribution is 2.34. The number of carboxylic acids is 1. The summed E-state index contributed by atoms with van der Waals surface area (Å²) in [6.07, 6.45) is 0. The highest BCUT2D eigenvalue weighted by molar-refractivity contribution is 5.69. The maximum atomic E-state index is 10.8. The summed E-state index contributed by atoms with van der Waals surface area (Å²) in [6, 6.07) is 3.94. The van der Waals surface area contributed by atoms with Crippen molar-refractivity contribution in [3.63, 3.8) is 0 Å². The lowest BCUT2D eigenvalue weighted by Crippen LogP contribution is -2.28. The molecule has 1 aromatic carbocycles. The Labute approximate surface area is 112 Å². The fourth-order valence-corrected chi connectivity index (χ4v) is 2.16. The minimum atomic E-state index is -0.769. The van der Waals surface area contributed by atoms with Crippen LogP contribution in [0.3, 0.4) is 0 Å². The van der Waals surface area contributed by atoms with Gasteiger partial charge in [-0.05, 0) is 37.2 Å². The van der Waals surface area contributed by atoms with Crippen LogP contribution in [0.1, 0.15) is 18.1 Å². The highest BCUT2D eigenvalue weighted by Gasteiger charge is 2.18. The van der Waals surface area contributed by atoms with Crippen LogP contribution in [0.15, 0.2) is 12.1 Å². The van der Waals surface area contributed by atoms with Gasteiger partial charge in [0.25, 0.3) is 0 Å². The van der Waals surface area contributed by atoms with E-state index in [0.717, 1.165) is 22.6 Å². The molecule has 0 spiro atoms. The summed E-state index contributed by atoms with van der Waals surface area (Å²) in [5.74, 6) is 0.400. The lowest BCUT2D eigenvalue weighted by molar-refractivity contribution is -0.141. The van der Waals surface area contributed by atoms with Crippen molar-refractivity contribution in [2.45, 2.75) is 20.4 Å². The molecule has 1 atom stereocenters. The third-order valence-corrected chi connectivity index (χ3v) is 3.28. The molecule has 1 N–H and O–H groups in total. The summed E-state index contributed by atoms with van der Waals surface area (Å²) >= 11 is 0. The molecule has 0 bridgehead atoms. The molecule has 1 aliphatic heterocycles. The Kier molecular flexibility index (Phi) is 3.95. The molecule has 0 radical (unpaired) electrons. The minimum Gasteiger partial charge on any atom is -0.481 e. The summed E-state index contributed by atoms with van der Waals surface area (Å²) in [4.78, 5) is 12.8. The van der Waals surface area contributed by atoms with Crippen LogP contribution in [0.2, 0.25) is 0 Å². The maximum absolute atomic E-state index is 10.8. The number of carboxylic acid groups (broad SMARTS) is 1. The zero-order valence-corrected chi connectivity index (χ0v) is 11.5. The number of hydrogen-bond acceptors (Lipinski definition) is 4. The Balaban J connectivity index is 2.05. The van der Waals surface area contributed by atoms with E-state index in [1.54, 1.807) is 6.92 Å². The normalized spacial score (nSPS) is 14.7. The first kappa shape index (κ1) is 13.7. The molecule has 0 fully saturated rings. The molecule has 0 aliphatic carbocycles. The largest absolute Gasteiger partial charge is 0.481 e. The molecule has 0 aromatic heterocycles. The van der Waals surface area contributed by atoms with E-state index >= 15 is 0 Å². The van der Waals surface area contributed by atoms with Crippen molar-refractivity contribution in [1.82, 2.24) is 4.90 Å². The third-order valence-electron chi connectivity index (χ3n) is 3.28. The average Bonchev–Trinajstić information content (AvgIpc) is 2.76. The van der Waals surface area contributed by atoms with Crippen LogP contribution in [-0.4, -0.2) is 36.4 Å². The number of ether oxygens (including phenoxy) is 2. The van der Waals surface area contributed by atoms with Crippen LogP contribution in [0, 0.1) is 12.8 Å². The average molecular weight is 265 g/mol. The number of benzene rings is 1. The quantitative estimate of drug-likeness (QED) is 0.880. The van der Waals surface area contributed by atoms with Crippen LogP contribution in [0.5, 0.6) is 11.5 Å². The van der Waals surface area contributed by atoms with E-state index in [1.165, 1.54) is 0 Å². The Hall–Kier alpha value is -1.75. The van der Waals surface area contributed by atoms with Gasteiger partial charge in [0.15, 0.2) is 11.5 Å². The van der Waals surface area contributed by atoms with Crippen LogP contribution < -0.4 is 9.47 Å². The standard InChI is InChI=1S/C14H19NO4/c1-9-4-12-13(19-8-18-12)5-11(9)7-15(3)6-10(2)14(16)17/h4-5,10H,6-8H2,1-3H3,(H,16,17). The molecule has 0 saturated carbocycles. The minimum absolute atomic E-state index is 0.268. The van der Waals surface area contributed by atoms with E-state index in [1.807, 2.05) is 31.0 Å². The van der Waals surface area contributed by atoms with Crippen LogP contribution in [0.25, 0.3) is 0 Å². The van der Waals surface area contributed by atoms with Gasteiger partial charge in [-0.15, -0.1) is 0 Å². The highest BCUT2D eigenvalue weighted by atomic mass is 16.7. The van der Waals surface area contributed by atoms with E-state index in [4.69, 9.17) is 14.6 Å². The molecule has 0 amide bonds. The molecule has 104 valence electrons. The first-order valence-electron chi connectivity index (χ1n) is 6.28. The van der Waals surface area contributed by atoms with Crippen LogP contribution in [0.4, 0.5) is 0 Å². The lowest BCUT2D eigenvalue weighted by Gasteiger charge is -2.20. The number of aliphatic carboxylic acids is 1. The molecule has 5 heteroatoms. The summed E-state index contributed by atoms with van der Waals surface area (Å²) in [6.45, 7) is 5.21. The number of hydrogen-bond donors (Lipinski definition) is 1. The smallest absolute Gasteiger partial charge is 0.307 e. The van der Waals surface area contributed by atoms with Crippen LogP contribution in [-0.2, 0) is 11.3 Å². The van der Waals surface area contributed by atoms with Gasteiger partial charge in [-0.25, -0.2) is 0 Å². The third kappa shape index (κ3) is 3.17. The molecular formula is C14H19NO4. The summed E-state index contributed by atoms with van der Waals surface area (Å²) < 4.78 is 10.7. The predicted molar refractivity (Wildman–Crippen MR) is 70.4 cm³/mol. The van der Waals surface area contributed by atoms with E-state index < -0.39 is 5.97 Å². The number of rotatable bonds is 5. The molecule has 5 nitrogen and oxygen atoms in total. The first-order valence-corrected chi connectivity index (χ1v) is 6.28. The predicted octanol–water partition coefficient (Wildman–Crippen LogP) is 1.88. The van der Waals surface area contributed by atoms with Crippen molar-refractivity contribution in [2.24, 2.45) is 5.92 Å². The van der Waals surface area contributed by atoms with Crippen molar-refractivity contribution in [3.05, 3.63) is 23.3 Å². The zero-order valence-electron chi connectivity index (χ0n) is 11.5. The van der Waals surface area contributed by atoms with Gasteiger partial charge in [0.2, 0.25) is 6.79 Å². The topological polar surface area (TPSA) is 59.0 Å². The molecule has 2 rings (SSSR count). The van der Waals surface area contributed by atoms with Crippen molar-refractivity contribution >= 4 is 5.97 Å². The van der Waals surface area contributed by atoms with Gasteiger partial charge >= 0.3 is 5.97 Å². The molecule has 1 unspecified atom stereocenters. The molecule has 1 aromatic rings. The monoisotopic (exact) mass is 265 g/mol. The van der Waals surface area contributed by atoms with Gasteiger partial charge in [0.05, 0.1) is 5.92 Å². The molecule has 1 aliphatic rings. The van der Waals surface area contributed by atoms with Gasteiger partial charge in [-0.2, -0.15) is 0 Å². The van der Waals surface area contributed by atoms with E-state index in [2.05, 4.69) is 0 Å². The summed E-state index contributed by atoms with van der Waals surface area (Å²) in [5, 5.41) is 8.92. The van der Waals surface area contributed by atoms with Crippen molar-refractivity contribution in [1.29, 1.82) is 0 Å². The van der Waals surface area contributed by atoms with E-state index in [9.17, 15) is 4.79 Å². The van der Waals surface area contributed by atoms with Gasteiger partial charge in [-0.1, -0.05) is 6.92 Å². The SMILES string of the molecule is Cc1cc2c(cc1CN(C)CC(C)C(=O)O)OCO2. The Bertz CT molecular complexity index is 487. The fraction of sp³-hybridized carbons (Fsp3) is 0.500. The zero-order chi connectivity index (χ0) is 14.0. The number of nitrogens with zero attached hydrogens (tertiary/aromatic N) is 1. The number of fused-ring (bicyclic) bond motifs is 1. The molecular weight excluding hydrogens is 246 g/mol. The Morgan fingerprint density at radius 2 is 2.05 bits per heavy atom.